The summed E-state index contributed by atoms with van der Waals surface area (Å²) >= 11 is 0. The number of benzene rings is 1. The van der Waals surface area contributed by atoms with Crippen LogP contribution in [0.15, 0.2) is 42.0 Å². The SMILES string of the molecule is CC1=CCCC2(C)CCC(C(C)C)C(OC(=O)C=Cc3ccc(O)cc3)C12. The lowest BCUT2D eigenvalue weighted by atomic mass is 9.55. The summed E-state index contributed by atoms with van der Waals surface area (Å²) in [5, 5.41) is 9.37. The van der Waals surface area contributed by atoms with Crippen molar-refractivity contribution in [1.29, 1.82) is 0 Å². The van der Waals surface area contributed by atoms with Gasteiger partial charge >= 0.3 is 5.97 Å². The van der Waals surface area contributed by atoms with Crippen LogP contribution in [-0.4, -0.2) is 17.2 Å². The highest BCUT2D eigenvalue weighted by Crippen LogP contribution is 2.54. The monoisotopic (exact) mass is 368 g/mol. The summed E-state index contributed by atoms with van der Waals surface area (Å²) in [7, 11) is 0. The summed E-state index contributed by atoms with van der Waals surface area (Å²) < 4.78 is 6.10. The molecule has 0 saturated heterocycles. The van der Waals surface area contributed by atoms with E-state index in [1.165, 1.54) is 24.5 Å². The molecule has 3 heteroatoms. The first-order valence-electron chi connectivity index (χ1n) is 10.1. The second-order valence-corrected chi connectivity index (χ2v) is 8.89. The Morgan fingerprint density at radius 3 is 2.63 bits per heavy atom. The molecule has 0 amide bonds. The van der Waals surface area contributed by atoms with Crippen LogP contribution >= 0.6 is 0 Å². The zero-order valence-electron chi connectivity index (χ0n) is 16.9. The van der Waals surface area contributed by atoms with Gasteiger partial charge in [-0.15, -0.1) is 0 Å². The van der Waals surface area contributed by atoms with Crippen molar-refractivity contribution in [3.63, 3.8) is 0 Å². The number of hydrogen-bond acceptors (Lipinski definition) is 3. The number of carbonyl (C=O) groups is 1. The number of allylic oxidation sites excluding steroid dienone is 1. The number of ether oxygens (including phenoxy) is 1. The number of rotatable bonds is 4. The van der Waals surface area contributed by atoms with Gasteiger partial charge in [0.1, 0.15) is 11.9 Å². The molecule has 0 bridgehead atoms. The quantitative estimate of drug-likeness (QED) is 0.418. The molecule has 2 aliphatic rings. The maximum atomic E-state index is 12.6. The third-order valence-electron chi connectivity index (χ3n) is 6.64. The molecule has 0 radical (unpaired) electrons. The molecular formula is C24H32O3. The molecular weight excluding hydrogens is 336 g/mol. The zero-order chi connectivity index (χ0) is 19.6. The lowest BCUT2D eigenvalue weighted by molar-refractivity contribution is -0.158. The van der Waals surface area contributed by atoms with Gasteiger partial charge < -0.3 is 9.84 Å². The fourth-order valence-corrected chi connectivity index (χ4v) is 5.10. The van der Waals surface area contributed by atoms with Gasteiger partial charge in [-0.25, -0.2) is 4.79 Å². The lowest BCUT2D eigenvalue weighted by Gasteiger charge is -2.52. The maximum Gasteiger partial charge on any atom is 0.331 e. The van der Waals surface area contributed by atoms with Crippen LogP contribution < -0.4 is 0 Å². The number of aromatic hydroxyl groups is 1. The first kappa shape index (κ1) is 19.7. The highest BCUT2D eigenvalue weighted by molar-refractivity contribution is 5.87. The van der Waals surface area contributed by atoms with E-state index in [2.05, 4.69) is 33.8 Å². The van der Waals surface area contributed by atoms with Crippen LogP contribution in [0.25, 0.3) is 6.08 Å². The highest BCUT2D eigenvalue weighted by Gasteiger charge is 2.50. The number of fused-ring (bicyclic) bond motifs is 1. The first-order valence-corrected chi connectivity index (χ1v) is 10.1. The van der Waals surface area contributed by atoms with Crippen LogP contribution in [0.1, 0.15) is 58.9 Å². The molecule has 2 aliphatic carbocycles. The predicted octanol–water partition coefficient (Wildman–Crippen LogP) is 5.75. The molecule has 1 saturated carbocycles. The summed E-state index contributed by atoms with van der Waals surface area (Å²) in [6, 6.07) is 6.79. The van der Waals surface area contributed by atoms with Gasteiger partial charge in [0.05, 0.1) is 0 Å². The van der Waals surface area contributed by atoms with Crippen LogP contribution in [0, 0.1) is 23.2 Å². The van der Waals surface area contributed by atoms with E-state index in [-0.39, 0.29) is 23.2 Å². The standard InChI is InChI=1S/C24H32O3/c1-16(2)20-13-15-24(4)14-5-6-17(3)22(24)23(20)27-21(26)12-9-18-7-10-19(25)11-8-18/h6-12,16,20,22-23,25H,5,13-15H2,1-4H3. The number of phenols is 1. The highest BCUT2D eigenvalue weighted by atomic mass is 16.5. The van der Waals surface area contributed by atoms with Gasteiger partial charge in [-0.1, -0.05) is 44.6 Å². The third-order valence-corrected chi connectivity index (χ3v) is 6.64. The first-order chi connectivity index (χ1) is 12.8. The molecule has 1 N–H and O–H groups in total. The smallest absolute Gasteiger partial charge is 0.331 e. The average Bonchev–Trinajstić information content (AvgIpc) is 2.60. The van der Waals surface area contributed by atoms with Crippen LogP contribution in [0.5, 0.6) is 5.75 Å². The van der Waals surface area contributed by atoms with Crippen molar-refractivity contribution < 1.29 is 14.6 Å². The Balaban J connectivity index is 1.79. The van der Waals surface area contributed by atoms with Crippen molar-refractivity contribution in [3.05, 3.63) is 47.6 Å². The van der Waals surface area contributed by atoms with E-state index in [0.717, 1.165) is 18.4 Å². The Labute approximate surface area is 163 Å². The van der Waals surface area contributed by atoms with Crippen molar-refractivity contribution in [3.8, 4) is 5.75 Å². The molecule has 0 spiro atoms. The molecule has 27 heavy (non-hydrogen) atoms. The Kier molecular flexibility index (Phi) is 5.78. The molecule has 1 fully saturated rings. The van der Waals surface area contributed by atoms with E-state index in [0.29, 0.717) is 17.8 Å². The van der Waals surface area contributed by atoms with Crippen molar-refractivity contribution in [1.82, 2.24) is 0 Å². The van der Waals surface area contributed by atoms with E-state index in [9.17, 15) is 9.90 Å². The second-order valence-electron chi connectivity index (χ2n) is 8.89. The molecule has 0 aliphatic heterocycles. The molecule has 3 rings (SSSR count). The average molecular weight is 369 g/mol. The van der Waals surface area contributed by atoms with E-state index in [1.807, 2.05) is 0 Å². The minimum Gasteiger partial charge on any atom is -0.508 e. The number of esters is 1. The second kappa shape index (κ2) is 7.92. The largest absolute Gasteiger partial charge is 0.508 e. The van der Waals surface area contributed by atoms with Crippen LogP contribution in [0.3, 0.4) is 0 Å². The number of carbonyl (C=O) groups excluding carboxylic acids is 1. The summed E-state index contributed by atoms with van der Waals surface area (Å²) in [5.41, 5.74) is 2.48. The Morgan fingerprint density at radius 2 is 1.96 bits per heavy atom. The zero-order valence-corrected chi connectivity index (χ0v) is 16.9. The van der Waals surface area contributed by atoms with Crippen molar-refractivity contribution >= 4 is 12.0 Å². The van der Waals surface area contributed by atoms with Crippen molar-refractivity contribution in [2.45, 2.75) is 59.5 Å². The Morgan fingerprint density at radius 1 is 1.26 bits per heavy atom. The third kappa shape index (κ3) is 4.28. The predicted molar refractivity (Wildman–Crippen MR) is 109 cm³/mol. The molecule has 3 nitrogen and oxygen atoms in total. The van der Waals surface area contributed by atoms with E-state index < -0.39 is 0 Å². The molecule has 1 aromatic rings. The lowest BCUT2D eigenvalue weighted by Crippen LogP contribution is -2.50. The fraction of sp³-hybridized carbons (Fsp3) is 0.542. The van der Waals surface area contributed by atoms with Gasteiger partial charge in [-0.3, -0.25) is 0 Å². The minimum atomic E-state index is -0.277. The van der Waals surface area contributed by atoms with E-state index >= 15 is 0 Å². The molecule has 146 valence electrons. The van der Waals surface area contributed by atoms with Crippen LogP contribution in [0.2, 0.25) is 0 Å². The van der Waals surface area contributed by atoms with Crippen LogP contribution in [0.4, 0.5) is 0 Å². The fourth-order valence-electron chi connectivity index (χ4n) is 5.10. The van der Waals surface area contributed by atoms with E-state index in [4.69, 9.17) is 4.74 Å². The maximum absolute atomic E-state index is 12.6. The Hall–Kier alpha value is -2.03. The molecule has 4 unspecified atom stereocenters. The minimum absolute atomic E-state index is 0.0581. The summed E-state index contributed by atoms with van der Waals surface area (Å²) in [6.45, 7) is 9.06. The van der Waals surface area contributed by atoms with Crippen LogP contribution in [-0.2, 0) is 9.53 Å². The van der Waals surface area contributed by atoms with Crippen molar-refractivity contribution in [2.75, 3.05) is 0 Å². The summed E-state index contributed by atoms with van der Waals surface area (Å²) in [5.74, 6) is 1.15. The summed E-state index contributed by atoms with van der Waals surface area (Å²) in [6.07, 6.45) is 10.2. The molecule has 1 aromatic carbocycles. The van der Waals surface area contributed by atoms with E-state index in [1.54, 1.807) is 30.3 Å². The normalized spacial score (nSPS) is 30.9. The molecule has 0 heterocycles. The van der Waals surface area contributed by atoms with Gasteiger partial charge in [0.15, 0.2) is 0 Å². The van der Waals surface area contributed by atoms with Gasteiger partial charge in [-0.2, -0.15) is 0 Å². The Bertz CT molecular complexity index is 728. The van der Waals surface area contributed by atoms with Gasteiger partial charge in [-0.05, 0) is 73.6 Å². The number of phenolic OH excluding ortho intramolecular Hbond substituents is 1. The van der Waals surface area contributed by atoms with Crippen molar-refractivity contribution in [2.24, 2.45) is 23.2 Å². The van der Waals surface area contributed by atoms with Gasteiger partial charge in [0.25, 0.3) is 0 Å². The topological polar surface area (TPSA) is 46.5 Å². The van der Waals surface area contributed by atoms with Gasteiger partial charge in [0.2, 0.25) is 0 Å². The van der Waals surface area contributed by atoms with Gasteiger partial charge in [0, 0.05) is 12.0 Å². The molecule has 4 atom stereocenters. The summed E-state index contributed by atoms with van der Waals surface area (Å²) in [4.78, 5) is 12.6. The molecule has 0 aromatic heterocycles. The number of hydrogen-bond donors (Lipinski definition) is 1.